The van der Waals surface area contributed by atoms with Gasteiger partial charge >= 0.3 is 0 Å². The Bertz CT molecular complexity index is 585. The number of nitrogens with zero attached hydrogens (tertiary/aromatic N) is 3. The molecule has 0 amide bonds. The Kier molecular flexibility index (Phi) is 4.75. The number of aromatic nitrogens is 2. The molecule has 22 heavy (non-hydrogen) atoms. The summed E-state index contributed by atoms with van der Waals surface area (Å²) < 4.78 is 13.0. The molecule has 0 N–H and O–H groups in total. The highest BCUT2D eigenvalue weighted by Gasteiger charge is 2.30. The standard InChI is InChI=1S/C17H23N3O2/c1-21-15-8-10-19(13-16(15)22-2)17-9-11-20(18-17)12-14-6-4-3-5-7-14/h3-7,9,11,15-16H,8,10,12-13H2,1-2H3. The molecule has 2 unspecified atom stereocenters. The normalized spacial score (nSPS) is 22.0. The highest BCUT2D eigenvalue weighted by molar-refractivity contribution is 5.38. The van der Waals surface area contributed by atoms with Crippen molar-refractivity contribution in [3.8, 4) is 0 Å². The molecular formula is C17H23N3O2. The second-order valence-corrected chi connectivity index (χ2v) is 5.64. The molecule has 118 valence electrons. The Morgan fingerprint density at radius 2 is 1.86 bits per heavy atom. The predicted molar refractivity (Wildman–Crippen MR) is 86.2 cm³/mol. The Hall–Kier alpha value is -1.85. The number of ether oxygens (including phenoxy) is 2. The van der Waals surface area contributed by atoms with E-state index in [0.29, 0.717) is 0 Å². The summed E-state index contributed by atoms with van der Waals surface area (Å²) in [5.74, 6) is 1.01. The maximum atomic E-state index is 5.55. The minimum absolute atomic E-state index is 0.0954. The molecule has 0 spiro atoms. The number of piperidine rings is 1. The zero-order chi connectivity index (χ0) is 15.4. The van der Waals surface area contributed by atoms with Crippen LogP contribution < -0.4 is 4.90 Å². The van der Waals surface area contributed by atoms with Crippen molar-refractivity contribution in [1.29, 1.82) is 0 Å². The molecule has 5 nitrogen and oxygen atoms in total. The van der Waals surface area contributed by atoms with Gasteiger partial charge in [-0.3, -0.25) is 4.68 Å². The summed E-state index contributed by atoms with van der Waals surface area (Å²) in [4.78, 5) is 2.27. The van der Waals surface area contributed by atoms with E-state index in [1.165, 1.54) is 5.56 Å². The first kappa shape index (κ1) is 15.1. The van der Waals surface area contributed by atoms with Gasteiger partial charge in [0.05, 0.1) is 12.6 Å². The van der Waals surface area contributed by atoms with Gasteiger partial charge in [0.1, 0.15) is 6.10 Å². The minimum atomic E-state index is 0.0954. The van der Waals surface area contributed by atoms with Gasteiger partial charge in [-0.25, -0.2) is 0 Å². The summed E-state index contributed by atoms with van der Waals surface area (Å²) >= 11 is 0. The Balaban J connectivity index is 1.66. The average molecular weight is 301 g/mol. The number of methoxy groups -OCH3 is 2. The number of benzene rings is 1. The van der Waals surface area contributed by atoms with E-state index >= 15 is 0 Å². The van der Waals surface area contributed by atoms with E-state index in [4.69, 9.17) is 14.6 Å². The molecule has 0 saturated carbocycles. The topological polar surface area (TPSA) is 39.5 Å². The molecule has 1 aliphatic rings. The van der Waals surface area contributed by atoms with Gasteiger partial charge in [-0.2, -0.15) is 5.10 Å². The van der Waals surface area contributed by atoms with E-state index in [0.717, 1.165) is 31.9 Å². The van der Waals surface area contributed by atoms with Crippen molar-refractivity contribution < 1.29 is 9.47 Å². The summed E-state index contributed by atoms with van der Waals surface area (Å²) in [5, 5.41) is 4.70. The third-order valence-electron chi connectivity index (χ3n) is 4.24. The monoisotopic (exact) mass is 301 g/mol. The lowest BCUT2D eigenvalue weighted by atomic mass is 10.0. The third-order valence-corrected chi connectivity index (χ3v) is 4.24. The molecule has 0 bridgehead atoms. The van der Waals surface area contributed by atoms with Gasteiger partial charge in [0.2, 0.25) is 0 Å². The molecule has 0 aliphatic carbocycles. The molecule has 1 aromatic carbocycles. The van der Waals surface area contributed by atoms with Crippen LogP contribution in [0.15, 0.2) is 42.6 Å². The molecule has 1 saturated heterocycles. The highest BCUT2D eigenvalue weighted by atomic mass is 16.5. The Morgan fingerprint density at radius 1 is 1.09 bits per heavy atom. The van der Waals surface area contributed by atoms with E-state index in [2.05, 4.69) is 35.2 Å². The van der Waals surface area contributed by atoms with Crippen LogP contribution in [0, 0.1) is 0 Å². The number of rotatable bonds is 5. The van der Waals surface area contributed by atoms with Gasteiger partial charge in [0, 0.05) is 39.6 Å². The second-order valence-electron chi connectivity index (χ2n) is 5.64. The van der Waals surface area contributed by atoms with Gasteiger partial charge in [0.25, 0.3) is 0 Å². The van der Waals surface area contributed by atoms with Gasteiger partial charge in [0.15, 0.2) is 5.82 Å². The third kappa shape index (κ3) is 3.31. The first-order chi connectivity index (χ1) is 10.8. The number of hydrogen-bond donors (Lipinski definition) is 0. The first-order valence-corrected chi connectivity index (χ1v) is 7.68. The SMILES string of the molecule is COC1CCN(c2ccn(Cc3ccccc3)n2)CC1OC. The van der Waals surface area contributed by atoms with Crippen molar-refractivity contribution in [2.75, 3.05) is 32.2 Å². The van der Waals surface area contributed by atoms with Crippen LogP contribution in [0.2, 0.25) is 0 Å². The molecule has 0 radical (unpaired) electrons. The van der Waals surface area contributed by atoms with Crippen LogP contribution in [-0.4, -0.2) is 49.3 Å². The van der Waals surface area contributed by atoms with E-state index in [1.807, 2.05) is 16.9 Å². The quantitative estimate of drug-likeness (QED) is 0.848. The average Bonchev–Trinajstić information content (AvgIpc) is 3.03. The summed E-state index contributed by atoms with van der Waals surface area (Å²) in [6.45, 7) is 2.56. The highest BCUT2D eigenvalue weighted by Crippen LogP contribution is 2.21. The van der Waals surface area contributed by atoms with Crippen molar-refractivity contribution in [2.45, 2.75) is 25.2 Å². The number of anilines is 1. The van der Waals surface area contributed by atoms with Crippen LogP contribution in [0.3, 0.4) is 0 Å². The van der Waals surface area contributed by atoms with Gasteiger partial charge in [-0.15, -0.1) is 0 Å². The maximum absolute atomic E-state index is 5.55. The summed E-state index contributed by atoms with van der Waals surface area (Å²) in [6, 6.07) is 12.4. The lowest BCUT2D eigenvalue weighted by Gasteiger charge is -2.37. The summed E-state index contributed by atoms with van der Waals surface area (Å²) in [6.07, 6.45) is 3.26. The second kappa shape index (κ2) is 6.94. The van der Waals surface area contributed by atoms with Gasteiger partial charge < -0.3 is 14.4 Å². The van der Waals surface area contributed by atoms with Crippen molar-refractivity contribution >= 4 is 5.82 Å². The van der Waals surface area contributed by atoms with E-state index < -0.39 is 0 Å². The molecule has 1 aromatic heterocycles. The van der Waals surface area contributed by atoms with Gasteiger partial charge in [-0.1, -0.05) is 30.3 Å². The summed E-state index contributed by atoms with van der Waals surface area (Å²) in [5.41, 5.74) is 1.25. The molecule has 2 heterocycles. The molecule has 5 heteroatoms. The van der Waals surface area contributed by atoms with Crippen molar-refractivity contribution in [1.82, 2.24) is 9.78 Å². The molecular weight excluding hydrogens is 278 g/mol. The van der Waals surface area contributed by atoms with E-state index in [-0.39, 0.29) is 12.2 Å². The Morgan fingerprint density at radius 3 is 2.59 bits per heavy atom. The van der Waals surface area contributed by atoms with Gasteiger partial charge in [-0.05, 0) is 12.0 Å². The predicted octanol–water partition coefficient (Wildman–Crippen LogP) is 2.17. The fraction of sp³-hybridized carbons (Fsp3) is 0.471. The maximum Gasteiger partial charge on any atom is 0.150 e. The molecule has 2 atom stereocenters. The molecule has 1 fully saturated rings. The summed E-state index contributed by atoms with van der Waals surface area (Å²) in [7, 11) is 3.50. The Labute approximate surface area is 131 Å². The minimum Gasteiger partial charge on any atom is -0.379 e. The molecule has 1 aliphatic heterocycles. The van der Waals surface area contributed by atoms with Crippen LogP contribution in [0.4, 0.5) is 5.82 Å². The molecule has 2 aromatic rings. The smallest absolute Gasteiger partial charge is 0.150 e. The van der Waals surface area contributed by atoms with Crippen LogP contribution in [-0.2, 0) is 16.0 Å². The van der Waals surface area contributed by atoms with E-state index in [9.17, 15) is 0 Å². The van der Waals surface area contributed by atoms with Crippen LogP contribution in [0.1, 0.15) is 12.0 Å². The van der Waals surface area contributed by atoms with Crippen LogP contribution in [0.25, 0.3) is 0 Å². The fourth-order valence-corrected chi connectivity index (χ4v) is 2.98. The van der Waals surface area contributed by atoms with Crippen LogP contribution >= 0.6 is 0 Å². The lowest BCUT2D eigenvalue weighted by Crippen LogP contribution is -2.48. The van der Waals surface area contributed by atoms with Crippen molar-refractivity contribution in [3.63, 3.8) is 0 Å². The van der Waals surface area contributed by atoms with E-state index in [1.54, 1.807) is 14.2 Å². The number of hydrogen-bond acceptors (Lipinski definition) is 4. The molecule has 3 rings (SSSR count). The zero-order valence-electron chi connectivity index (χ0n) is 13.2. The zero-order valence-corrected chi connectivity index (χ0v) is 13.2. The van der Waals surface area contributed by atoms with Crippen molar-refractivity contribution in [2.24, 2.45) is 0 Å². The largest absolute Gasteiger partial charge is 0.379 e. The lowest BCUT2D eigenvalue weighted by molar-refractivity contribution is -0.0442. The van der Waals surface area contributed by atoms with Crippen molar-refractivity contribution in [3.05, 3.63) is 48.2 Å². The van der Waals surface area contributed by atoms with Crippen LogP contribution in [0.5, 0.6) is 0 Å². The fourth-order valence-electron chi connectivity index (χ4n) is 2.98. The first-order valence-electron chi connectivity index (χ1n) is 7.68.